The Morgan fingerprint density at radius 2 is 1.14 bits per heavy atom. The maximum absolute atomic E-state index is 12.3. The van der Waals surface area contributed by atoms with E-state index in [1.54, 1.807) is 0 Å². The number of aliphatic hydroxyl groups excluding tert-OH is 2. The molecule has 0 radical (unpaired) electrons. The van der Waals surface area contributed by atoms with E-state index in [0.717, 1.165) is 76.6 Å². The Morgan fingerprint density at radius 1 is 0.683 bits per heavy atom. The van der Waals surface area contributed by atoms with Crippen LogP contribution >= 0.6 is 0 Å². The van der Waals surface area contributed by atoms with E-state index in [2.05, 4.69) is 134 Å². The molecule has 2 saturated carbocycles. The van der Waals surface area contributed by atoms with Gasteiger partial charge in [-0.15, -0.1) is 0 Å². The van der Waals surface area contributed by atoms with Crippen LogP contribution < -0.4 is 0 Å². The van der Waals surface area contributed by atoms with E-state index in [-0.39, 0.29) is 123 Å². The quantitative estimate of drug-likeness (QED) is 0.0183. The van der Waals surface area contributed by atoms with Gasteiger partial charge in [-0.3, -0.25) is 12.9 Å². The van der Waals surface area contributed by atoms with Gasteiger partial charge in [0.05, 0.1) is 66.6 Å². The fourth-order valence-electron chi connectivity index (χ4n) is 15.4. The number of aliphatic hydroxyl groups is 3. The standard InChI is InChI=1S/C24H44O6Si.C24H44O5Si.C17H27F3O6S.C6H16Si.C4H10O.BF3/c1-15(16(2)29-31(8,9)21(3,4)5)12-24(25)11-10-19-23(30-24)13-17(26-19)20-18(14-23)27-22(6,7)28-20;1-15(16(2)29-30(8,9)22(3,4)5)12-17-10-11-20-24(26-17)13-18(25-20)21-19(14-24)27-23(6,7)28-21;1-11(13(3)26-27(23,24)17(18,19)20)9-14(22)6-7-16-12(2)10-15(25-16)5-4-8-21;1-4-7(5-2)6-3;1-3-5-4-2;2-1(3)4/h15-20,25H,10-14H2,1-9H3;15-21H,10-14H2,1-9H3;11,14-16,21-22H,2-10H2,1H3;7H,4-6H2,1-3H3;3-4H2,1-2H3;/t15-,16+,17-,18-,19+,20?,23-,24+;15-,16+,17?,18-,19-,20+,21?,24-;11-,14-,15+,16+;;;/m111.../s1. The zero-order chi connectivity index (χ0) is 79.4. The van der Waals surface area contributed by atoms with Crippen molar-refractivity contribution in [2.45, 2.75) is 415 Å². The first-order valence-corrected chi connectivity index (χ1v) is 48.6. The SMILES string of the molecule is C=C(OS(=O)(=O)C(F)(F)F)[C@H](C)C[C@H](O)CC[C@@H]1O[C@@H](CCCO)CC1=C.CCOCC.CC[SiH](CC)CC.C[C@H](CC1CC[C@@H]2O[C@@H]3C[C@]2(C[C@H]2OC(C)(C)OC32)O1)[C@H](C)O[Si](C)(C)C(C)(C)C.C[C@H](C[C@]1(O)CC[C@@H]2O[C@@H]3C[C@]2(C[C@H]2OC(C)(C)OC32)O1)[C@H](C)O[Si](C)(C)C(C)(C)C.FB(F)F. The topological polar surface area (TPSA) is 215 Å². The number of hydrogen-bond donors (Lipinski definition) is 3. The van der Waals surface area contributed by atoms with E-state index in [1.165, 1.54) is 25.1 Å². The fourth-order valence-corrected chi connectivity index (χ4v) is 20.7. The van der Waals surface area contributed by atoms with Gasteiger partial charge in [0.25, 0.3) is 0 Å². The molecule has 7 heterocycles. The molecule has 2 spiro atoms. The van der Waals surface area contributed by atoms with Gasteiger partial charge in [0, 0.05) is 85.3 Å². The molecule has 29 heteroatoms. The Labute approximate surface area is 627 Å². The van der Waals surface area contributed by atoms with Gasteiger partial charge in [-0.25, -0.2) is 0 Å². The first-order chi connectivity index (χ1) is 47.6. The van der Waals surface area contributed by atoms with Gasteiger partial charge in [-0.2, -0.15) is 21.6 Å². The van der Waals surface area contributed by atoms with Crippen LogP contribution in [0.4, 0.5) is 26.1 Å². The number of hydrogen-bond acceptors (Lipinski definition) is 18. The maximum Gasteiger partial charge on any atom is 0.762 e. The molecular weight excluding hydrogens is 1430 g/mol. The summed E-state index contributed by atoms with van der Waals surface area (Å²) in [6.45, 7) is 61.1. The van der Waals surface area contributed by atoms with Crippen molar-refractivity contribution >= 4 is 43.1 Å². The summed E-state index contributed by atoms with van der Waals surface area (Å²) in [5.74, 6) is -2.97. The molecule has 9 fully saturated rings. The van der Waals surface area contributed by atoms with E-state index in [0.29, 0.717) is 44.4 Å². The molecule has 0 amide bonds. The third kappa shape index (κ3) is 27.1. The van der Waals surface area contributed by atoms with Crippen LogP contribution in [0.1, 0.15) is 241 Å². The Balaban J connectivity index is 0.000000298. The van der Waals surface area contributed by atoms with Crippen LogP contribution in [-0.2, 0) is 70.5 Å². The summed E-state index contributed by atoms with van der Waals surface area (Å²) in [6, 6.07) is 4.48. The highest BCUT2D eigenvalue weighted by molar-refractivity contribution is 7.87. The van der Waals surface area contributed by atoms with Crippen LogP contribution in [-0.4, -0.2) is 196 Å². The molecule has 0 aromatic carbocycles. The fraction of sp³-hybridized carbons (Fsp3) is 0.947. The minimum atomic E-state index is -5.75. The lowest BCUT2D eigenvalue weighted by Crippen LogP contribution is -2.58. The third-order valence-corrected chi connectivity index (χ3v) is 37.2. The summed E-state index contributed by atoms with van der Waals surface area (Å²) in [5.41, 5.74) is -5.29. The van der Waals surface area contributed by atoms with E-state index in [4.69, 9.17) is 61.3 Å². The minimum Gasteiger partial charge on any atom is -0.414 e. The average Bonchev–Trinajstić information content (AvgIpc) is 1.55. The Bertz CT molecular complexity index is 2720. The zero-order valence-corrected chi connectivity index (χ0v) is 72.1. The number of allylic oxidation sites excluding steroid dienone is 1. The van der Waals surface area contributed by atoms with Gasteiger partial charge in [0.15, 0.2) is 34.0 Å². The lowest BCUT2D eigenvalue weighted by Gasteiger charge is -2.49. The normalized spacial score (nSPS) is 32.8. The Morgan fingerprint density at radius 3 is 1.59 bits per heavy atom. The number of halogens is 6. The minimum absolute atomic E-state index is 0.000647. The molecule has 104 heavy (non-hydrogen) atoms. The molecule has 2 aliphatic carbocycles. The molecule has 20 atom stereocenters. The second kappa shape index (κ2) is 39.1. The lowest BCUT2D eigenvalue weighted by atomic mass is 9.75. The molecule has 7 saturated heterocycles. The molecule has 4 bridgehead atoms. The van der Waals surface area contributed by atoms with Crippen molar-refractivity contribution in [1.29, 1.82) is 0 Å². The molecular formula is C75H141BF6O18SSi3. The molecule has 9 rings (SSSR count). The van der Waals surface area contributed by atoms with Crippen LogP contribution in [0.5, 0.6) is 0 Å². The second-order valence-electron chi connectivity index (χ2n) is 34.9. The summed E-state index contributed by atoms with van der Waals surface area (Å²) < 4.78 is 167. The van der Waals surface area contributed by atoms with Crippen molar-refractivity contribution in [2.75, 3.05) is 19.8 Å². The predicted molar refractivity (Wildman–Crippen MR) is 404 cm³/mol. The second-order valence-corrected chi connectivity index (χ2v) is 50.2. The van der Waals surface area contributed by atoms with Gasteiger partial charge < -0.3 is 75.7 Å². The van der Waals surface area contributed by atoms with Crippen molar-refractivity contribution in [1.82, 2.24) is 0 Å². The predicted octanol–water partition coefficient (Wildman–Crippen LogP) is 17.4. The number of alkyl halides is 3. The molecule has 7 aliphatic heterocycles. The summed E-state index contributed by atoms with van der Waals surface area (Å²) in [4.78, 5) is 0. The molecule has 3 unspecified atom stereocenters. The van der Waals surface area contributed by atoms with Crippen molar-refractivity contribution < 1.29 is 110 Å². The number of ether oxygens (including phenoxy) is 10. The number of fused-ring (bicyclic) bond motifs is 6. The van der Waals surface area contributed by atoms with Crippen molar-refractivity contribution in [2.24, 2.45) is 17.8 Å². The summed E-state index contributed by atoms with van der Waals surface area (Å²) in [5, 5.41) is 30.9. The van der Waals surface area contributed by atoms with Crippen molar-refractivity contribution in [3.8, 4) is 0 Å². The molecule has 0 aromatic rings. The van der Waals surface area contributed by atoms with Crippen LogP contribution in [0.25, 0.3) is 0 Å². The number of rotatable bonds is 26. The Hall–Kier alpha value is -1.07. The third-order valence-electron chi connectivity index (χ3n) is 23.6. The van der Waals surface area contributed by atoms with Crippen molar-refractivity contribution in [3.63, 3.8) is 0 Å². The van der Waals surface area contributed by atoms with Gasteiger partial charge >= 0.3 is 23.2 Å². The molecule has 0 aromatic heterocycles. The molecule has 612 valence electrons. The highest BCUT2D eigenvalue weighted by Crippen LogP contribution is 2.57. The molecule has 3 N–H and O–H groups in total. The van der Waals surface area contributed by atoms with Gasteiger partial charge in [-0.05, 0) is 173 Å². The Kier molecular flexibility index (Phi) is 35.8. The van der Waals surface area contributed by atoms with Crippen LogP contribution in [0.3, 0.4) is 0 Å². The van der Waals surface area contributed by atoms with Crippen LogP contribution in [0, 0.1) is 17.8 Å². The first kappa shape index (κ1) is 95.3. The first-order valence-electron chi connectivity index (χ1n) is 38.9. The van der Waals surface area contributed by atoms with Gasteiger partial charge in [-0.1, -0.05) is 114 Å². The summed E-state index contributed by atoms with van der Waals surface area (Å²) >= 11 is 0. The van der Waals surface area contributed by atoms with Crippen LogP contribution in [0.15, 0.2) is 24.5 Å². The zero-order valence-electron chi connectivity index (χ0n) is 68.1. The van der Waals surface area contributed by atoms with Crippen molar-refractivity contribution in [3.05, 3.63) is 24.5 Å². The van der Waals surface area contributed by atoms with Crippen LogP contribution in [0.2, 0.25) is 54.4 Å². The van der Waals surface area contributed by atoms with E-state index >= 15 is 0 Å². The average molecular weight is 1570 g/mol. The summed E-state index contributed by atoms with van der Waals surface area (Å²) in [6.07, 6.45) is 11.1. The van der Waals surface area contributed by atoms with Gasteiger partial charge in [0.2, 0.25) is 0 Å². The maximum atomic E-state index is 12.3. The lowest BCUT2D eigenvalue weighted by molar-refractivity contribution is -0.317. The highest BCUT2D eigenvalue weighted by atomic mass is 32.2. The van der Waals surface area contributed by atoms with E-state index in [1.807, 2.05) is 41.5 Å². The largest absolute Gasteiger partial charge is 0.762 e. The summed E-state index contributed by atoms with van der Waals surface area (Å²) in [7, 11) is -13.2. The highest BCUT2D eigenvalue weighted by Gasteiger charge is 2.67. The molecule has 9 aliphatic rings. The smallest absolute Gasteiger partial charge is 0.414 e. The monoisotopic (exact) mass is 1570 g/mol. The van der Waals surface area contributed by atoms with E-state index in [9.17, 15) is 44.7 Å². The van der Waals surface area contributed by atoms with Gasteiger partial charge in [0.1, 0.15) is 23.6 Å². The van der Waals surface area contributed by atoms with E-state index < -0.39 is 80.5 Å². The molecule has 18 nitrogen and oxygen atoms in total.